The summed E-state index contributed by atoms with van der Waals surface area (Å²) in [6.07, 6.45) is 2.38. The van der Waals surface area contributed by atoms with Gasteiger partial charge in [0, 0.05) is 32.7 Å². The zero-order valence-corrected chi connectivity index (χ0v) is 13.1. The summed E-state index contributed by atoms with van der Waals surface area (Å²) >= 11 is 6.27. The smallest absolute Gasteiger partial charge is 0.0639 e. The maximum Gasteiger partial charge on any atom is 0.0639 e. The molecule has 1 aliphatic heterocycles. The highest BCUT2D eigenvalue weighted by atomic mass is 35.5. The van der Waals surface area contributed by atoms with Crippen molar-refractivity contribution in [2.75, 3.05) is 44.2 Å². The van der Waals surface area contributed by atoms with Gasteiger partial charge in [0.1, 0.15) is 0 Å². The normalized spacial score (nSPS) is 18.2. The third-order valence-corrected chi connectivity index (χ3v) is 4.36. The molecule has 1 unspecified atom stereocenters. The maximum absolute atomic E-state index is 6.27. The molecular formula is C16H26ClN3. The molecule has 1 heterocycles. The van der Waals surface area contributed by atoms with E-state index in [0.717, 1.165) is 50.1 Å². The number of rotatable bonds is 6. The van der Waals surface area contributed by atoms with E-state index in [0.29, 0.717) is 0 Å². The van der Waals surface area contributed by atoms with Crippen molar-refractivity contribution in [2.24, 2.45) is 11.7 Å². The number of piperazine rings is 1. The van der Waals surface area contributed by atoms with Crippen LogP contribution in [0.25, 0.3) is 0 Å². The fraction of sp³-hybridized carbons (Fsp3) is 0.625. The molecule has 0 aliphatic carbocycles. The topological polar surface area (TPSA) is 32.5 Å². The van der Waals surface area contributed by atoms with E-state index in [1.165, 1.54) is 18.7 Å². The van der Waals surface area contributed by atoms with E-state index in [-0.39, 0.29) is 0 Å². The fourth-order valence-electron chi connectivity index (χ4n) is 2.88. The van der Waals surface area contributed by atoms with Crippen LogP contribution >= 0.6 is 11.6 Å². The van der Waals surface area contributed by atoms with Crippen LogP contribution < -0.4 is 10.6 Å². The molecule has 0 radical (unpaired) electrons. The van der Waals surface area contributed by atoms with Gasteiger partial charge in [0.05, 0.1) is 10.7 Å². The minimum Gasteiger partial charge on any atom is -0.368 e. The van der Waals surface area contributed by atoms with Crippen molar-refractivity contribution in [3.8, 4) is 0 Å². The summed E-state index contributed by atoms with van der Waals surface area (Å²) in [5, 5.41) is 0.859. The minimum absolute atomic E-state index is 0.741. The van der Waals surface area contributed by atoms with Crippen molar-refractivity contribution in [1.82, 2.24) is 4.90 Å². The summed E-state index contributed by atoms with van der Waals surface area (Å²) in [4.78, 5) is 4.96. The first-order valence-corrected chi connectivity index (χ1v) is 8.00. The van der Waals surface area contributed by atoms with Crippen LogP contribution in [-0.2, 0) is 0 Å². The quantitative estimate of drug-likeness (QED) is 0.876. The molecule has 0 amide bonds. The second-order valence-corrected chi connectivity index (χ2v) is 6.18. The highest BCUT2D eigenvalue weighted by molar-refractivity contribution is 6.33. The molecule has 0 aromatic heterocycles. The van der Waals surface area contributed by atoms with Crippen LogP contribution in [-0.4, -0.2) is 44.2 Å². The van der Waals surface area contributed by atoms with Gasteiger partial charge in [0.15, 0.2) is 0 Å². The Morgan fingerprint density at radius 3 is 2.55 bits per heavy atom. The zero-order valence-electron chi connectivity index (χ0n) is 12.4. The van der Waals surface area contributed by atoms with Crippen molar-refractivity contribution in [2.45, 2.75) is 19.8 Å². The zero-order chi connectivity index (χ0) is 14.4. The summed E-state index contributed by atoms with van der Waals surface area (Å²) in [6.45, 7) is 8.70. The Labute approximate surface area is 127 Å². The number of nitrogens with zero attached hydrogens (tertiary/aromatic N) is 2. The molecule has 1 fully saturated rings. The van der Waals surface area contributed by atoms with Gasteiger partial charge in [0.2, 0.25) is 0 Å². The lowest BCUT2D eigenvalue weighted by molar-refractivity contribution is 0.219. The van der Waals surface area contributed by atoms with Gasteiger partial charge in [-0.15, -0.1) is 0 Å². The van der Waals surface area contributed by atoms with Crippen LogP contribution in [0.15, 0.2) is 24.3 Å². The molecule has 1 aromatic rings. The Hall–Kier alpha value is -0.770. The fourth-order valence-corrected chi connectivity index (χ4v) is 3.13. The summed E-state index contributed by atoms with van der Waals surface area (Å²) < 4.78 is 0. The minimum atomic E-state index is 0.741. The molecule has 4 heteroatoms. The van der Waals surface area contributed by atoms with Gasteiger partial charge in [-0.3, -0.25) is 4.90 Å². The van der Waals surface area contributed by atoms with Crippen molar-refractivity contribution in [1.29, 1.82) is 0 Å². The van der Waals surface area contributed by atoms with E-state index < -0.39 is 0 Å². The first-order valence-electron chi connectivity index (χ1n) is 7.62. The lowest BCUT2D eigenvalue weighted by Gasteiger charge is -2.37. The molecule has 1 aromatic carbocycles. The van der Waals surface area contributed by atoms with Crippen LogP contribution in [0.1, 0.15) is 19.8 Å². The predicted molar refractivity (Wildman–Crippen MR) is 87.6 cm³/mol. The monoisotopic (exact) mass is 295 g/mol. The SMILES string of the molecule is CC(CCCN)CN1CCN(c2ccccc2Cl)CC1. The van der Waals surface area contributed by atoms with Crippen LogP contribution in [0.5, 0.6) is 0 Å². The number of para-hydroxylation sites is 1. The molecule has 112 valence electrons. The second-order valence-electron chi connectivity index (χ2n) is 5.78. The van der Waals surface area contributed by atoms with Gasteiger partial charge in [-0.25, -0.2) is 0 Å². The lowest BCUT2D eigenvalue weighted by atomic mass is 10.0. The number of nitrogens with two attached hydrogens (primary N) is 1. The largest absolute Gasteiger partial charge is 0.368 e. The van der Waals surface area contributed by atoms with Crippen LogP contribution in [0, 0.1) is 5.92 Å². The molecule has 20 heavy (non-hydrogen) atoms. The Morgan fingerprint density at radius 1 is 1.20 bits per heavy atom. The predicted octanol–water partition coefficient (Wildman–Crippen LogP) is 2.84. The van der Waals surface area contributed by atoms with Gasteiger partial charge in [0.25, 0.3) is 0 Å². The molecular weight excluding hydrogens is 270 g/mol. The van der Waals surface area contributed by atoms with Crippen molar-refractivity contribution in [3.05, 3.63) is 29.3 Å². The number of halogens is 1. The van der Waals surface area contributed by atoms with E-state index >= 15 is 0 Å². The molecule has 0 saturated carbocycles. The Balaban J connectivity index is 1.79. The van der Waals surface area contributed by atoms with Gasteiger partial charge in [-0.2, -0.15) is 0 Å². The Kier molecular flexibility index (Phi) is 6.14. The molecule has 1 aliphatic rings. The second kappa shape index (κ2) is 7.87. The molecule has 0 spiro atoms. The highest BCUT2D eigenvalue weighted by Gasteiger charge is 2.19. The van der Waals surface area contributed by atoms with E-state index in [9.17, 15) is 0 Å². The lowest BCUT2D eigenvalue weighted by Crippen LogP contribution is -2.47. The molecule has 1 atom stereocenters. The summed E-state index contributed by atoms with van der Waals surface area (Å²) in [5.41, 5.74) is 6.75. The molecule has 0 bridgehead atoms. The van der Waals surface area contributed by atoms with Gasteiger partial charge in [-0.05, 0) is 37.4 Å². The van der Waals surface area contributed by atoms with Gasteiger partial charge < -0.3 is 10.6 Å². The van der Waals surface area contributed by atoms with E-state index in [1.54, 1.807) is 0 Å². The average molecular weight is 296 g/mol. The van der Waals surface area contributed by atoms with Gasteiger partial charge in [-0.1, -0.05) is 30.7 Å². The molecule has 2 rings (SSSR count). The average Bonchev–Trinajstić information content (AvgIpc) is 2.47. The molecule has 2 N–H and O–H groups in total. The summed E-state index contributed by atoms with van der Waals surface area (Å²) in [5.74, 6) is 0.741. The van der Waals surface area contributed by atoms with E-state index in [2.05, 4.69) is 28.9 Å². The number of hydrogen-bond donors (Lipinski definition) is 1. The summed E-state index contributed by atoms with van der Waals surface area (Å²) in [7, 11) is 0. The van der Waals surface area contributed by atoms with Crippen molar-refractivity contribution < 1.29 is 0 Å². The third kappa shape index (κ3) is 4.37. The standard InChI is InChI=1S/C16H26ClN3/c1-14(5-4-8-18)13-19-9-11-20(12-10-19)16-7-3-2-6-15(16)17/h2-3,6-7,14H,4-5,8-13,18H2,1H3. The van der Waals surface area contributed by atoms with Crippen LogP contribution in [0.3, 0.4) is 0 Å². The van der Waals surface area contributed by atoms with E-state index in [4.69, 9.17) is 17.3 Å². The summed E-state index contributed by atoms with van der Waals surface area (Å²) in [6, 6.07) is 8.13. The van der Waals surface area contributed by atoms with E-state index in [1.807, 2.05) is 12.1 Å². The first-order chi connectivity index (χ1) is 9.70. The van der Waals surface area contributed by atoms with Crippen LogP contribution in [0.2, 0.25) is 5.02 Å². The number of benzene rings is 1. The third-order valence-electron chi connectivity index (χ3n) is 4.04. The van der Waals surface area contributed by atoms with Crippen molar-refractivity contribution in [3.63, 3.8) is 0 Å². The van der Waals surface area contributed by atoms with Gasteiger partial charge >= 0.3 is 0 Å². The molecule has 1 saturated heterocycles. The molecule has 3 nitrogen and oxygen atoms in total. The highest BCUT2D eigenvalue weighted by Crippen LogP contribution is 2.26. The van der Waals surface area contributed by atoms with Crippen molar-refractivity contribution >= 4 is 17.3 Å². The Morgan fingerprint density at radius 2 is 1.90 bits per heavy atom. The first kappa shape index (κ1) is 15.6. The van der Waals surface area contributed by atoms with Crippen LogP contribution in [0.4, 0.5) is 5.69 Å². The maximum atomic E-state index is 6.27. The Bertz CT molecular complexity index is 402. The number of anilines is 1. The number of hydrogen-bond acceptors (Lipinski definition) is 3.